The third-order valence-electron chi connectivity index (χ3n) is 28.7. The lowest BCUT2D eigenvalue weighted by molar-refractivity contribution is 0.256. The molecule has 0 spiro atoms. The summed E-state index contributed by atoms with van der Waals surface area (Å²) in [7, 11) is -5.56. The summed E-state index contributed by atoms with van der Waals surface area (Å²) in [6, 6.07) is 40.8. The highest BCUT2D eigenvalue weighted by molar-refractivity contribution is 7.43. The third kappa shape index (κ3) is 54.0. The maximum Gasteiger partial charge on any atom is 0.463 e. The minimum atomic E-state index is -1.86. The second-order valence-corrected chi connectivity index (χ2v) is 48.3. The lowest BCUT2D eigenvalue weighted by Gasteiger charge is -2.33. The lowest BCUT2D eigenvalue weighted by atomic mass is 9.74. The smallest absolute Gasteiger partial charge is 0.418 e. The summed E-state index contributed by atoms with van der Waals surface area (Å²) in [5.74, 6) is 4.88. The molecule has 0 bridgehead atoms. The Balaban J connectivity index is 1.44. The van der Waals surface area contributed by atoms with E-state index >= 15 is 0 Å². The van der Waals surface area contributed by atoms with Crippen LogP contribution in [-0.4, -0.2) is 19.8 Å². The second-order valence-electron chi connectivity index (χ2n) is 45.1. The van der Waals surface area contributed by atoms with Crippen LogP contribution in [0.1, 0.15) is 581 Å². The van der Waals surface area contributed by atoms with Crippen molar-refractivity contribution in [3.05, 3.63) is 176 Å². The van der Waals surface area contributed by atoms with Gasteiger partial charge in [-0.1, -0.05) is 512 Å². The zero-order valence-electron chi connectivity index (χ0n) is 93.4. The van der Waals surface area contributed by atoms with Crippen LogP contribution < -0.4 is 27.1 Å². The van der Waals surface area contributed by atoms with Crippen LogP contribution in [0.5, 0.6) is 34.5 Å². The molecule has 788 valence electrons. The standard InChI is InChI=1S/C127H211O9P3/c1-20-26-32-38-44-47-50-53-56-59-65-71-77-92-128-137(131-112-89-80-86-109(99-112)83-74-68-62-41-35-29-23-4)134-122-96-106(8)115(102-119(122)125(11,12)13)105(7)95-118(116-103-120(126(14,15)16)123(97-107(116)9)135-138(129-93-78-72-66-60-57-54-51-48-45-39-33-27-21-2)132-113-90-81-87-110(100-113)84-75-69-63-42-36-30-24-5)117-104-121(127(17,18)19)124(98-108(117)10)136-139(130-94-79-73-67-61-58-55-52-49-46-40-34-28-22-3)133-114-91-82-88-111(101-114)85-76-70-64-43-37-31-25-6/h80-82,86-91,96-105,118H,20-79,83-85,92-95H2,1-19H3. The summed E-state index contributed by atoms with van der Waals surface area (Å²) in [6.07, 6.45) is 81.4. The highest BCUT2D eigenvalue weighted by Crippen LogP contribution is 2.53. The van der Waals surface area contributed by atoms with E-state index in [9.17, 15) is 0 Å². The van der Waals surface area contributed by atoms with Crippen LogP contribution in [0.2, 0.25) is 0 Å². The lowest BCUT2D eigenvalue weighted by Crippen LogP contribution is -2.19. The van der Waals surface area contributed by atoms with Crippen LogP contribution >= 0.6 is 25.8 Å². The molecule has 0 aromatic heterocycles. The molecule has 4 atom stereocenters. The first-order chi connectivity index (χ1) is 67.4. The van der Waals surface area contributed by atoms with Gasteiger partial charge in [-0.15, -0.1) is 0 Å². The molecule has 4 unspecified atom stereocenters. The molecule has 0 aliphatic rings. The van der Waals surface area contributed by atoms with Crippen molar-refractivity contribution in [3.8, 4) is 34.5 Å². The Morgan fingerprint density at radius 2 is 0.432 bits per heavy atom. The van der Waals surface area contributed by atoms with E-state index in [-0.39, 0.29) is 28.1 Å². The molecule has 6 rings (SSSR count). The fourth-order valence-electron chi connectivity index (χ4n) is 19.9. The van der Waals surface area contributed by atoms with E-state index in [0.717, 1.165) is 115 Å². The maximum atomic E-state index is 7.44. The average molecular weight is 1970 g/mol. The Hall–Kier alpha value is -4.71. The Kier molecular flexibility index (Phi) is 66.4. The first kappa shape index (κ1) is 123. The van der Waals surface area contributed by atoms with Crippen molar-refractivity contribution in [1.82, 2.24) is 0 Å². The molecule has 0 saturated carbocycles. The number of aryl methyl sites for hydroxylation is 6. The monoisotopic (exact) mass is 1970 g/mol. The molecule has 139 heavy (non-hydrogen) atoms. The van der Waals surface area contributed by atoms with E-state index < -0.39 is 25.8 Å². The zero-order chi connectivity index (χ0) is 100. The van der Waals surface area contributed by atoms with Gasteiger partial charge in [-0.05, 0) is 212 Å². The summed E-state index contributed by atoms with van der Waals surface area (Å²) in [5.41, 5.74) is 13.7. The van der Waals surface area contributed by atoms with E-state index in [0.29, 0.717) is 19.8 Å². The van der Waals surface area contributed by atoms with Gasteiger partial charge in [-0.25, -0.2) is 0 Å². The van der Waals surface area contributed by atoms with Crippen molar-refractivity contribution in [2.45, 2.75) is 571 Å². The second kappa shape index (κ2) is 75.1. The van der Waals surface area contributed by atoms with Gasteiger partial charge in [-0.2, -0.15) is 0 Å². The first-order valence-corrected chi connectivity index (χ1v) is 61.8. The van der Waals surface area contributed by atoms with Crippen molar-refractivity contribution < 1.29 is 40.7 Å². The van der Waals surface area contributed by atoms with E-state index in [1.54, 1.807) is 0 Å². The molecule has 0 aliphatic carbocycles. The topological polar surface area (TPSA) is 83.1 Å². The van der Waals surface area contributed by atoms with Crippen molar-refractivity contribution in [1.29, 1.82) is 0 Å². The van der Waals surface area contributed by atoms with Crippen molar-refractivity contribution in [3.63, 3.8) is 0 Å². The Morgan fingerprint density at radius 1 is 0.230 bits per heavy atom. The Bertz CT molecular complexity index is 3890. The molecule has 0 fully saturated rings. The highest BCUT2D eigenvalue weighted by atomic mass is 31.2. The fourth-order valence-corrected chi connectivity index (χ4v) is 22.9. The molecular weight excluding hydrogens is 1760 g/mol. The van der Waals surface area contributed by atoms with E-state index in [2.05, 4.69) is 241 Å². The van der Waals surface area contributed by atoms with Gasteiger partial charge in [0.05, 0.1) is 19.8 Å². The number of rotatable bonds is 86. The van der Waals surface area contributed by atoms with Crippen LogP contribution in [0.4, 0.5) is 0 Å². The highest BCUT2D eigenvalue weighted by Gasteiger charge is 2.35. The summed E-state index contributed by atoms with van der Waals surface area (Å²) in [4.78, 5) is 0. The molecule has 0 radical (unpaired) electrons. The molecule has 12 heteroatoms. The van der Waals surface area contributed by atoms with Gasteiger partial charge in [0, 0.05) is 22.6 Å². The number of hydrogen-bond acceptors (Lipinski definition) is 9. The Morgan fingerprint density at radius 3 is 0.655 bits per heavy atom. The normalized spacial score (nSPS) is 13.1. The molecule has 6 aromatic carbocycles. The number of benzene rings is 6. The van der Waals surface area contributed by atoms with Gasteiger partial charge in [0.1, 0.15) is 34.5 Å². The molecule has 0 N–H and O–H groups in total. The number of hydrogen-bond donors (Lipinski definition) is 0. The van der Waals surface area contributed by atoms with Gasteiger partial charge in [0.2, 0.25) is 0 Å². The minimum absolute atomic E-state index is 0.0771. The SMILES string of the molecule is CCCCCCCCCCCCCCCOP(Oc1cccc(CCCCCCCCC)c1)Oc1cc(C)c(C(C)CC(c2cc(C(C)(C)C)c(OP(OCCCCCCCCCCCCCCC)Oc3cccc(CCCCCCCCC)c3)cc2C)c2cc(C(C)(C)C)c(OP(OCCCCCCCCCCCCCCC)Oc3cccc(CCCCCCCCC)c3)cc2C)cc1C(C)(C)C. The minimum Gasteiger partial charge on any atom is -0.418 e. The van der Waals surface area contributed by atoms with Gasteiger partial charge in [0.15, 0.2) is 0 Å². The third-order valence-corrected chi connectivity index (χ3v) is 32.0. The predicted octanol–water partition coefficient (Wildman–Crippen LogP) is 44.1. The molecule has 9 nitrogen and oxygen atoms in total. The van der Waals surface area contributed by atoms with Gasteiger partial charge in [0.25, 0.3) is 0 Å². The summed E-state index contributed by atoms with van der Waals surface area (Å²) >= 11 is 0. The van der Waals surface area contributed by atoms with Gasteiger partial charge < -0.3 is 27.1 Å². The maximum absolute atomic E-state index is 7.44. The van der Waals surface area contributed by atoms with Crippen LogP contribution in [0.15, 0.2) is 109 Å². The molecule has 0 amide bonds. The van der Waals surface area contributed by atoms with Crippen LogP contribution in [-0.2, 0) is 49.1 Å². The van der Waals surface area contributed by atoms with E-state index in [1.165, 1.54) is 397 Å². The predicted molar refractivity (Wildman–Crippen MR) is 608 cm³/mol. The molecule has 6 aromatic rings. The largest absolute Gasteiger partial charge is 0.463 e. The van der Waals surface area contributed by atoms with E-state index in [1.807, 2.05) is 0 Å². The molecule has 0 heterocycles. The van der Waals surface area contributed by atoms with Crippen LogP contribution in [0, 0.1) is 20.8 Å². The van der Waals surface area contributed by atoms with Crippen molar-refractivity contribution >= 4 is 25.8 Å². The average Bonchev–Trinajstić information content (AvgIpc) is 0.757. The summed E-state index contributed by atoms with van der Waals surface area (Å²) in [5, 5.41) is 0. The molecular formula is C127H211O9P3. The first-order valence-electron chi connectivity index (χ1n) is 58.5. The van der Waals surface area contributed by atoms with Crippen LogP contribution in [0.3, 0.4) is 0 Å². The fraction of sp³-hybridized carbons (Fsp3) is 0.717. The van der Waals surface area contributed by atoms with Crippen molar-refractivity contribution in [2.75, 3.05) is 19.8 Å². The van der Waals surface area contributed by atoms with E-state index in [4.69, 9.17) is 40.7 Å². The summed E-state index contributed by atoms with van der Waals surface area (Å²) in [6.45, 7) is 46.1. The zero-order valence-corrected chi connectivity index (χ0v) is 96.1. The molecule has 0 aliphatic heterocycles. The summed E-state index contributed by atoms with van der Waals surface area (Å²) < 4.78 is 64.3. The molecule has 0 saturated heterocycles. The van der Waals surface area contributed by atoms with Crippen LogP contribution in [0.25, 0.3) is 0 Å². The quantitative estimate of drug-likeness (QED) is 0.0274. The van der Waals surface area contributed by atoms with Crippen molar-refractivity contribution in [2.24, 2.45) is 0 Å². The van der Waals surface area contributed by atoms with Gasteiger partial charge >= 0.3 is 25.8 Å². The Labute approximate surface area is 861 Å². The van der Waals surface area contributed by atoms with Gasteiger partial charge in [-0.3, -0.25) is 13.6 Å². The number of unbranched alkanes of at least 4 members (excludes halogenated alkanes) is 54.